The third-order valence-electron chi connectivity index (χ3n) is 3.72. The standard InChI is InChI=1S/C15H12N2O2S2/c18-13-11-9-21-14(12-7-4-8-20-12)17(11)15(19)16(13)10-5-2-1-3-6-10/h1-8,11,14H,9H2/t11-,14-/m1/s1. The van der Waals surface area contributed by atoms with Gasteiger partial charge in [0.25, 0.3) is 5.91 Å². The highest BCUT2D eigenvalue weighted by Crippen LogP contribution is 2.47. The second kappa shape index (κ2) is 4.89. The number of thiophene rings is 1. The minimum absolute atomic E-state index is 0.0415. The molecule has 2 aliphatic rings. The van der Waals surface area contributed by atoms with Crippen LogP contribution in [0.3, 0.4) is 0 Å². The molecular weight excluding hydrogens is 304 g/mol. The molecule has 0 radical (unpaired) electrons. The van der Waals surface area contributed by atoms with Crippen molar-refractivity contribution in [3.8, 4) is 0 Å². The largest absolute Gasteiger partial charge is 0.333 e. The minimum atomic E-state index is -0.338. The molecule has 0 unspecified atom stereocenters. The van der Waals surface area contributed by atoms with Gasteiger partial charge in [-0.3, -0.25) is 9.69 Å². The Morgan fingerprint density at radius 1 is 1.05 bits per heavy atom. The van der Waals surface area contributed by atoms with Crippen LogP contribution in [0.1, 0.15) is 10.3 Å². The maximum atomic E-state index is 12.7. The summed E-state index contributed by atoms with van der Waals surface area (Å²) in [4.78, 5) is 29.5. The van der Waals surface area contributed by atoms with E-state index < -0.39 is 0 Å². The van der Waals surface area contributed by atoms with E-state index in [9.17, 15) is 9.59 Å². The van der Waals surface area contributed by atoms with E-state index >= 15 is 0 Å². The van der Waals surface area contributed by atoms with Crippen LogP contribution in [0.5, 0.6) is 0 Å². The fraction of sp³-hybridized carbons (Fsp3) is 0.200. The first-order valence-electron chi connectivity index (χ1n) is 6.63. The number of hydrogen-bond acceptors (Lipinski definition) is 4. The van der Waals surface area contributed by atoms with Crippen molar-refractivity contribution in [1.82, 2.24) is 4.90 Å². The molecule has 2 aliphatic heterocycles. The minimum Gasteiger partial charge on any atom is -0.294 e. The van der Waals surface area contributed by atoms with Crippen molar-refractivity contribution >= 4 is 40.7 Å². The summed E-state index contributed by atoms with van der Waals surface area (Å²) in [5.41, 5.74) is 0.650. The number of imide groups is 1. The third-order valence-corrected chi connectivity index (χ3v) is 6.10. The van der Waals surface area contributed by atoms with Gasteiger partial charge in [0.1, 0.15) is 11.4 Å². The molecule has 6 heteroatoms. The Balaban J connectivity index is 1.71. The summed E-state index contributed by atoms with van der Waals surface area (Å²) < 4.78 is 0. The van der Waals surface area contributed by atoms with E-state index in [2.05, 4.69) is 0 Å². The first-order valence-corrected chi connectivity index (χ1v) is 8.56. The number of fused-ring (bicyclic) bond motifs is 1. The molecular formula is C15H12N2O2S2. The van der Waals surface area contributed by atoms with Crippen molar-refractivity contribution in [3.05, 3.63) is 52.7 Å². The number of para-hydroxylation sites is 1. The molecule has 4 nitrogen and oxygen atoms in total. The van der Waals surface area contributed by atoms with Gasteiger partial charge in [-0.05, 0) is 23.6 Å². The molecule has 0 N–H and O–H groups in total. The average Bonchev–Trinajstić information content (AvgIpc) is 3.20. The summed E-state index contributed by atoms with van der Waals surface area (Å²) in [6, 6.07) is 12.6. The van der Waals surface area contributed by atoms with E-state index in [0.29, 0.717) is 11.4 Å². The Morgan fingerprint density at radius 2 is 1.86 bits per heavy atom. The molecule has 1 aromatic heterocycles. The van der Waals surface area contributed by atoms with Crippen LogP contribution in [0.25, 0.3) is 0 Å². The van der Waals surface area contributed by atoms with Crippen LogP contribution in [-0.4, -0.2) is 28.6 Å². The zero-order chi connectivity index (χ0) is 14.4. The summed E-state index contributed by atoms with van der Waals surface area (Å²) in [6.07, 6.45) is 0. The summed E-state index contributed by atoms with van der Waals surface area (Å²) in [5.74, 6) is 0.550. The molecule has 1 aromatic carbocycles. The van der Waals surface area contributed by atoms with E-state index in [4.69, 9.17) is 0 Å². The van der Waals surface area contributed by atoms with Crippen molar-refractivity contribution < 1.29 is 9.59 Å². The molecule has 4 rings (SSSR count). The monoisotopic (exact) mass is 316 g/mol. The number of carbonyl (C=O) groups excluding carboxylic acids is 2. The predicted octanol–water partition coefficient (Wildman–Crippen LogP) is 3.33. The molecule has 2 fully saturated rings. The third kappa shape index (κ3) is 1.90. The van der Waals surface area contributed by atoms with Gasteiger partial charge in [-0.2, -0.15) is 0 Å². The van der Waals surface area contributed by atoms with Crippen LogP contribution >= 0.6 is 23.1 Å². The zero-order valence-corrected chi connectivity index (χ0v) is 12.6. The number of urea groups is 1. The number of amides is 3. The SMILES string of the molecule is O=C1[C@H]2CS[C@H](c3cccs3)N2C(=O)N1c1ccccc1. The van der Waals surface area contributed by atoms with Gasteiger partial charge in [-0.15, -0.1) is 23.1 Å². The Kier molecular flexibility index (Phi) is 3.01. The van der Waals surface area contributed by atoms with E-state index in [1.165, 1.54) is 4.90 Å². The fourth-order valence-electron chi connectivity index (χ4n) is 2.75. The second-order valence-corrected chi connectivity index (χ2v) is 7.01. The summed E-state index contributed by atoms with van der Waals surface area (Å²) in [7, 11) is 0. The van der Waals surface area contributed by atoms with Gasteiger partial charge in [-0.1, -0.05) is 24.3 Å². The lowest BCUT2D eigenvalue weighted by Gasteiger charge is -2.21. The lowest BCUT2D eigenvalue weighted by Crippen LogP contribution is -2.33. The molecule has 21 heavy (non-hydrogen) atoms. The van der Waals surface area contributed by atoms with Crippen LogP contribution in [-0.2, 0) is 4.79 Å². The van der Waals surface area contributed by atoms with Crippen molar-refractivity contribution in [2.24, 2.45) is 0 Å². The molecule has 2 saturated heterocycles. The predicted molar refractivity (Wildman–Crippen MR) is 84.5 cm³/mol. The van der Waals surface area contributed by atoms with E-state index in [0.717, 1.165) is 4.88 Å². The van der Waals surface area contributed by atoms with Gasteiger partial charge >= 0.3 is 6.03 Å². The maximum Gasteiger partial charge on any atom is 0.333 e. The molecule has 0 bridgehead atoms. The Morgan fingerprint density at radius 3 is 2.57 bits per heavy atom. The summed E-state index contributed by atoms with van der Waals surface area (Å²) >= 11 is 3.29. The second-order valence-electron chi connectivity index (χ2n) is 4.92. The molecule has 3 amide bonds. The van der Waals surface area contributed by atoms with Crippen LogP contribution < -0.4 is 4.90 Å². The zero-order valence-electron chi connectivity index (χ0n) is 11.0. The van der Waals surface area contributed by atoms with Crippen molar-refractivity contribution in [2.45, 2.75) is 11.4 Å². The van der Waals surface area contributed by atoms with Crippen LogP contribution in [0.4, 0.5) is 10.5 Å². The summed E-state index contributed by atoms with van der Waals surface area (Å²) in [6.45, 7) is 0. The molecule has 0 spiro atoms. The number of carbonyl (C=O) groups is 2. The van der Waals surface area contributed by atoms with Crippen LogP contribution in [0, 0.1) is 0 Å². The van der Waals surface area contributed by atoms with Crippen molar-refractivity contribution in [2.75, 3.05) is 10.7 Å². The highest BCUT2D eigenvalue weighted by Gasteiger charge is 2.53. The Bertz CT molecular complexity index is 687. The summed E-state index contributed by atoms with van der Waals surface area (Å²) in [5, 5.41) is 1.96. The molecule has 0 saturated carbocycles. The van der Waals surface area contributed by atoms with E-state index in [-0.39, 0.29) is 23.4 Å². The van der Waals surface area contributed by atoms with Gasteiger partial charge in [0, 0.05) is 10.6 Å². The van der Waals surface area contributed by atoms with Crippen LogP contribution in [0.2, 0.25) is 0 Å². The highest BCUT2D eigenvalue weighted by molar-refractivity contribution is 7.99. The fourth-order valence-corrected chi connectivity index (χ4v) is 5.14. The normalized spacial score (nSPS) is 24.8. The quantitative estimate of drug-likeness (QED) is 0.798. The maximum absolute atomic E-state index is 12.7. The molecule has 2 aromatic rings. The number of thioether (sulfide) groups is 1. The lowest BCUT2D eigenvalue weighted by atomic mass is 10.2. The lowest BCUT2D eigenvalue weighted by molar-refractivity contribution is -0.119. The highest BCUT2D eigenvalue weighted by atomic mass is 32.2. The number of benzene rings is 1. The number of hydrogen-bond donors (Lipinski definition) is 0. The van der Waals surface area contributed by atoms with Crippen molar-refractivity contribution in [3.63, 3.8) is 0 Å². The molecule has 106 valence electrons. The van der Waals surface area contributed by atoms with E-state index in [1.807, 2.05) is 35.7 Å². The Hall–Kier alpha value is -1.79. The average molecular weight is 316 g/mol. The molecule has 3 heterocycles. The van der Waals surface area contributed by atoms with Gasteiger partial charge in [0.05, 0.1) is 5.69 Å². The van der Waals surface area contributed by atoms with Gasteiger partial charge in [-0.25, -0.2) is 9.69 Å². The van der Waals surface area contributed by atoms with Gasteiger partial charge < -0.3 is 0 Å². The van der Waals surface area contributed by atoms with Gasteiger partial charge in [0.15, 0.2) is 0 Å². The number of rotatable bonds is 2. The number of anilines is 1. The topological polar surface area (TPSA) is 40.6 Å². The van der Waals surface area contributed by atoms with Crippen LogP contribution in [0.15, 0.2) is 47.8 Å². The van der Waals surface area contributed by atoms with E-state index in [1.54, 1.807) is 40.1 Å². The number of nitrogens with zero attached hydrogens (tertiary/aromatic N) is 2. The Labute approximate surface area is 130 Å². The van der Waals surface area contributed by atoms with Gasteiger partial charge in [0.2, 0.25) is 0 Å². The first-order chi connectivity index (χ1) is 10.3. The smallest absolute Gasteiger partial charge is 0.294 e. The molecule has 0 aliphatic carbocycles. The molecule has 2 atom stereocenters. The van der Waals surface area contributed by atoms with Crippen molar-refractivity contribution in [1.29, 1.82) is 0 Å². The first kappa shape index (κ1) is 12.9.